The van der Waals surface area contributed by atoms with Gasteiger partial charge in [0.1, 0.15) is 5.82 Å². The summed E-state index contributed by atoms with van der Waals surface area (Å²) in [5.41, 5.74) is -0.382. The van der Waals surface area contributed by atoms with Gasteiger partial charge in [-0.15, -0.1) is 0 Å². The fourth-order valence-electron chi connectivity index (χ4n) is 3.23. The molecule has 0 radical (unpaired) electrons. The van der Waals surface area contributed by atoms with E-state index in [1.165, 1.54) is 13.8 Å². The number of rotatable bonds is 9. The topological polar surface area (TPSA) is 113 Å². The zero-order chi connectivity index (χ0) is 23.9. The van der Waals surface area contributed by atoms with Gasteiger partial charge in [0.2, 0.25) is 0 Å². The van der Waals surface area contributed by atoms with E-state index in [9.17, 15) is 29.0 Å². The molecule has 0 heterocycles. The molecule has 0 aliphatic carbocycles. The summed E-state index contributed by atoms with van der Waals surface area (Å²) in [6.45, 7) is 2.12. The SMILES string of the molecule is CCOC(=O)C(=O)N[C@@H](Cc1ccc(-c2ccccc2)c(F)c1Cl)C[C@@](C)(CO)C(=O)O. The molecule has 0 saturated carbocycles. The molecule has 0 fully saturated rings. The molecule has 1 amide bonds. The summed E-state index contributed by atoms with van der Waals surface area (Å²) in [6.07, 6.45) is -0.304. The molecule has 0 saturated heterocycles. The van der Waals surface area contributed by atoms with Crippen LogP contribution in [-0.2, 0) is 25.5 Å². The van der Waals surface area contributed by atoms with Crippen molar-refractivity contribution in [3.63, 3.8) is 0 Å². The summed E-state index contributed by atoms with van der Waals surface area (Å²) in [6, 6.07) is 11.0. The number of benzene rings is 2. The highest BCUT2D eigenvalue weighted by atomic mass is 35.5. The Bertz CT molecular complexity index is 984. The van der Waals surface area contributed by atoms with Crippen molar-refractivity contribution in [1.82, 2.24) is 5.32 Å². The van der Waals surface area contributed by atoms with E-state index in [-0.39, 0.29) is 30.0 Å². The van der Waals surface area contributed by atoms with Crippen molar-refractivity contribution in [3.05, 3.63) is 58.9 Å². The number of aliphatic hydroxyl groups is 1. The van der Waals surface area contributed by atoms with E-state index in [1.54, 1.807) is 42.5 Å². The molecule has 0 unspecified atom stereocenters. The van der Waals surface area contributed by atoms with Crippen LogP contribution in [0.4, 0.5) is 4.39 Å². The predicted molar refractivity (Wildman–Crippen MR) is 117 cm³/mol. The second-order valence-corrected chi connectivity index (χ2v) is 7.97. The number of esters is 1. The Balaban J connectivity index is 2.35. The van der Waals surface area contributed by atoms with E-state index in [1.807, 2.05) is 0 Å². The summed E-state index contributed by atoms with van der Waals surface area (Å²) in [5, 5.41) is 21.3. The molecule has 0 aliphatic heterocycles. The zero-order valence-corrected chi connectivity index (χ0v) is 18.5. The van der Waals surface area contributed by atoms with Crippen LogP contribution in [0.5, 0.6) is 0 Å². The van der Waals surface area contributed by atoms with E-state index < -0.39 is 41.7 Å². The molecular weight excluding hydrogens is 441 g/mol. The summed E-state index contributed by atoms with van der Waals surface area (Å²) >= 11 is 6.26. The minimum atomic E-state index is -1.61. The lowest BCUT2D eigenvalue weighted by molar-refractivity contribution is -0.155. The smallest absolute Gasteiger partial charge is 0.396 e. The number of hydrogen-bond acceptors (Lipinski definition) is 5. The first-order chi connectivity index (χ1) is 15.1. The highest BCUT2D eigenvalue weighted by Gasteiger charge is 2.37. The maximum absolute atomic E-state index is 15.0. The van der Waals surface area contributed by atoms with Crippen molar-refractivity contribution in [2.24, 2.45) is 5.41 Å². The molecule has 2 aromatic carbocycles. The summed E-state index contributed by atoms with van der Waals surface area (Å²) in [4.78, 5) is 35.5. The molecule has 0 aromatic heterocycles. The van der Waals surface area contributed by atoms with Crippen LogP contribution in [0.2, 0.25) is 5.02 Å². The highest BCUT2D eigenvalue weighted by Crippen LogP contribution is 2.32. The fourth-order valence-corrected chi connectivity index (χ4v) is 3.47. The van der Waals surface area contributed by atoms with Gasteiger partial charge in [0.05, 0.1) is 23.7 Å². The number of carboxylic acids is 1. The fraction of sp³-hybridized carbons (Fsp3) is 0.348. The third-order valence-electron chi connectivity index (χ3n) is 5.07. The summed E-state index contributed by atoms with van der Waals surface area (Å²) < 4.78 is 19.7. The minimum absolute atomic E-state index is 0.0155. The van der Waals surface area contributed by atoms with Crippen molar-refractivity contribution in [2.45, 2.75) is 32.7 Å². The third-order valence-corrected chi connectivity index (χ3v) is 5.48. The Morgan fingerprint density at radius 2 is 1.84 bits per heavy atom. The normalized spacial score (nSPS) is 13.7. The maximum Gasteiger partial charge on any atom is 0.396 e. The summed E-state index contributed by atoms with van der Waals surface area (Å²) in [5.74, 6) is -4.14. The molecule has 2 aromatic rings. The van der Waals surface area contributed by atoms with Crippen LogP contribution in [0.25, 0.3) is 11.1 Å². The number of aliphatic carboxylic acids is 1. The summed E-state index contributed by atoms with van der Waals surface area (Å²) in [7, 11) is 0. The Hall–Kier alpha value is -2.97. The van der Waals surface area contributed by atoms with Gasteiger partial charge in [-0.2, -0.15) is 0 Å². The minimum Gasteiger partial charge on any atom is -0.481 e. The van der Waals surface area contributed by atoms with E-state index in [0.717, 1.165) is 0 Å². The second-order valence-electron chi connectivity index (χ2n) is 7.59. The Morgan fingerprint density at radius 3 is 2.41 bits per heavy atom. The Labute approximate surface area is 190 Å². The molecule has 172 valence electrons. The molecule has 32 heavy (non-hydrogen) atoms. The Kier molecular flexibility index (Phi) is 8.74. The lowest BCUT2D eigenvalue weighted by Crippen LogP contribution is -2.46. The van der Waals surface area contributed by atoms with Crippen molar-refractivity contribution in [3.8, 4) is 11.1 Å². The predicted octanol–water partition coefficient (Wildman–Crippen LogP) is 3.21. The average molecular weight is 466 g/mol. The van der Waals surface area contributed by atoms with Crippen molar-refractivity contribution in [2.75, 3.05) is 13.2 Å². The first-order valence-electron chi connectivity index (χ1n) is 9.97. The largest absolute Gasteiger partial charge is 0.481 e. The van der Waals surface area contributed by atoms with Crippen molar-refractivity contribution in [1.29, 1.82) is 0 Å². The van der Waals surface area contributed by atoms with Crippen LogP contribution >= 0.6 is 11.6 Å². The van der Waals surface area contributed by atoms with Crippen LogP contribution < -0.4 is 5.32 Å². The third kappa shape index (κ3) is 6.05. The number of carbonyl (C=O) groups excluding carboxylic acids is 2. The lowest BCUT2D eigenvalue weighted by Gasteiger charge is -2.28. The van der Waals surface area contributed by atoms with E-state index in [4.69, 9.17) is 11.6 Å². The number of nitrogens with one attached hydrogen (secondary N) is 1. The van der Waals surface area contributed by atoms with Gasteiger partial charge in [0.15, 0.2) is 0 Å². The van der Waals surface area contributed by atoms with E-state index in [2.05, 4.69) is 10.1 Å². The van der Waals surface area contributed by atoms with Gasteiger partial charge in [0.25, 0.3) is 0 Å². The first kappa shape index (κ1) is 25.3. The van der Waals surface area contributed by atoms with Crippen LogP contribution in [0.15, 0.2) is 42.5 Å². The Morgan fingerprint density at radius 1 is 1.19 bits per heavy atom. The van der Waals surface area contributed by atoms with Gasteiger partial charge in [-0.1, -0.05) is 54.1 Å². The number of ether oxygens (including phenoxy) is 1. The maximum atomic E-state index is 15.0. The number of carbonyl (C=O) groups is 3. The molecule has 0 bridgehead atoms. The number of hydrogen-bond donors (Lipinski definition) is 3. The standard InChI is InChI=1S/C23H25ClFNO6/c1-3-32-21(29)20(28)26-16(12-23(2,13-27)22(30)31)11-15-9-10-17(19(25)18(15)24)14-7-5-4-6-8-14/h4-10,16,27H,3,11-13H2,1-2H3,(H,26,28)(H,30,31)/t16-,23-/m0/s1. The number of amides is 1. The number of aliphatic hydroxyl groups excluding tert-OH is 1. The van der Waals surface area contributed by atoms with Gasteiger partial charge in [-0.3, -0.25) is 9.59 Å². The monoisotopic (exact) mass is 465 g/mol. The average Bonchev–Trinajstić information content (AvgIpc) is 2.77. The van der Waals surface area contributed by atoms with E-state index >= 15 is 0 Å². The molecule has 2 atom stereocenters. The molecule has 2 rings (SSSR count). The number of halogens is 2. The van der Waals surface area contributed by atoms with E-state index in [0.29, 0.717) is 11.1 Å². The van der Waals surface area contributed by atoms with Gasteiger partial charge in [0, 0.05) is 11.6 Å². The number of carboxylic acid groups (broad SMARTS) is 1. The molecule has 9 heteroatoms. The van der Waals surface area contributed by atoms with Gasteiger partial charge >= 0.3 is 17.8 Å². The molecule has 3 N–H and O–H groups in total. The second kappa shape index (κ2) is 11.1. The molecule has 0 spiro atoms. The van der Waals surface area contributed by atoms with Crippen molar-refractivity contribution < 1.29 is 33.7 Å². The molecule has 7 nitrogen and oxygen atoms in total. The van der Waals surface area contributed by atoms with Crippen LogP contribution in [0, 0.1) is 11.2 Å². The first-order valence-corrected chi connectivity index (χ1v) is 10.3. The highest BCUT2D eigenvalue weighted by molar-refractivity contribution is 6.32. The molecule has 0 aliphatic rings. The zero-order valence-electron chi connectivity index (χ0n) is 17.7. The van der Waals surface area contributed by atoms with Crippen LogP contribution in [0.1, 0.15) is 25.8 Å². The van der Waals surface area contributed by atoms with Crippen LogP contribution in [-0.4, -0.2) is 47.3 Å². The van der Waals surface area contributed by atoms with Crippen molar-refractivity contribution >= 4 is 29.4 Å². The molecular formula is C23H25ClFNO6. The van der Waals surface area contributed by atoms with Gasteiger partial charge in [-0.05, 0) is 37.8 Å². The quantitative estimate of drug-likeness (QED) is 0.387. The van der Waals surface area contributed by atoms with Gasteiger partial charge < -0.3 is 20.3 Å². The lowest BCUT2D eigenvalue weighted by atomic mass is 9.82. The van der Waals surface area contributed by atoms with Gasteiger partial charge in [-0.25, -0.2) is 9.18 Å². The van der Waals surface area contributed by atoms with Crippen LogP contribution in [0.3, 0.4) is 0 Å².